The van der Waals surface area contributed by atoms with E-state index in [0.717, 1.165) is 5.56 Å². The van der Waals surface area contributed by atoms with E-state index in [-0.39, 0.29) is 5.97 Å². The molecule has 1 aromatic carbocycles. The van der Waals surface area contributed by atoms with Gasteiger partial charge in [-0.2, -0.15) is 0 Å². The van der Waals surface area contributed by atoms with E-state index < -0.39 is 6.10 Å². The van der Waals surface area contributed by atoms with Crippen LogP contribution in [0.5, 0.6) is 0 Å². The predicted octanol–water partition coefficient (Wildman–Crippen LogP) is 1.50. The summed E-state index contributed by atoms with van der Waals surface area (Å²) in [5.74, 6) is -0.175. The third-order valence-corrected chi connectivity index (χ3v) is 2.84. The molecule has 118 valence electrons. The number of aliphatic hydroxyl groups excluding tert-OH is 1. The van der Waals surface area contributed by atoms with Crippen LogP contribution in [0.25, 0.3) is 0 Å². The highest BCUT2D eigenvalue weighted by Crippen LogP contribution is 2.00. The van der Waals surface area contributed by atoms with Gasteiger partial charge in [0.05, 0.1) is 25.9 Å². The van der Waals surface area contributed by atoms with E-state index in [1.807, 2.05) is 30.3 Å². The van der Waals surface area contributed by atoms with Crippen LogP contribution in [0.2, 0.25) is 0 Å². The molecule has 0 aliphatic rings. The van der Waals surface area contributed by atoms with Gasteiger partial charge in [-0.15, -0.1) is 0 Å². The van der Waals surface area contributed by atoms with Gasteiger partial charge in [0.15, 0.2) is 0 Å². The van der Waals surface area contributed by atoms with Crippen LogP contribution < -0.4 is 5.32 Å². The summed E-state index contributed by atoms with van der Waals surface area (Å²) in [6.07, 6.45) is 0.564. The first-order chi connectivity index (χ1) is 10.2. The minimum absolute atomic E-state index is 0.175. The normalized spacial score (nSPS) is 12.1. The molecular formula is C16H25NO4. The Labute approximate surface area is 126 Å². The minimum Gasteiger partial charge on any atom is -0.466 e. The van der Waals surface area contributed by atoms with Crippen molar-refractivity contribution in [2.75, 3.05) is 26.3 Å². The van der Waals surface area contributed by atoms with Gasteiger partial charge in [-0.1, -0.05) is 30.3 Å². The van der Waals surface area contributed by atoms with Crippen LogP contribution in [0, 0.1) is 0 Å². The van der Waals surface area contributed by atoms with Gasteiger partial charge in [-0.25, -0.2) is 0 Å². The smallest absolute Gasteiger partial charge is 0.305 e. The summed E-state index contributed by atoms with van der Waals surface area (Å²) in [5, 5.41) is 12.8. The van der Waals surface area contributed by atoms with E-state index in [9.17, 15) is 9.90 Å². The lowest BCUT2D eigenvalue weighted by molar-refractivity contribution is -0.143. The molecule has 1 rings (SSSR count). The molecule has 0 aliphatic carbocycles. The van der Waals surface area contributed by atoms with E-state index >= 15 is 0 Å². The quantitative estimate of drug-likeness (QED) is 0.478. The highest BCUT2D eigenvalue weighted by Gasteiger charge is 2.05. The fourth-order valence-electron chi connectivity index (χ4n) is 1.81. The molecule has 21 heavy (non-hydrogen) atoms. The van der Waals surface area contributed by atoms with Crippen molar-refractivity contribution in [2.24, 2.45) is 0 Å². The molecular weight excluding hydrogens is 270 g/mol. The summed E-state index contributed by atoms with van der Waals surface area (Å²) < 4.78 is 10.3. The Bertz CT molecular complexity index is 383. The number of esters is 1. The molecule has 2 N–H and O–H groups in total. The maximum Gasteiger partial charge on any atom is 0.305 e. The Kier molecular flexibility index (Phi) is 9.44. The van der Waals surface area contributed by atoms with Crippen molar-refractivity contribution < 1.29 is 19.4 Å². The molecule has 0 heterocycles. The number of ether oxygens (including phenoxy) is 2. The van der Waals surface area contributed by atoms with Crippen molar-refractivity contribution in [3.05, 3.63) is 35.9 Å². The number of aliphatic hydroxyl groups is 1. The molecule has 5 nitrogen and oxygen atoms in total. The molecule has 5 heteroatoms. The second-order valence-corrected chi connectivity index (χ2v) is 4.77. The van der Waals surface area contributed by atoms with Gasteiger partial charge < -0.3 is 19.9 Å². The van der Waals surface area contributed by atoms with Crippen LogP contribution in [0.4, 0.5) is 0 Å². The lowest BCUT2D eigenvalue weighted by Gasteiger charge is -2.12. The van der Waals surface area contributed by atoms with Crippen LogP contribution >= 0.6 is 0 Å². The van der Waals surface area contributed by atoms with Gasteiger partial charge >= 0.3 is 5.97 Å². The second kappa shape index (κ2) is 11.3. The number of hydrogen-bond acceptors (Lipinski definition) is 5. The molecule has 0 aromatic heterocycles. The van der Waals surface area contributed by atoms with Gasteiger partial charge in [0.1, 0.15) is 0 Å². The molecule has 1 unspecified atom stereocenters. The lowest BCUT2D eigenvalue weighted by Crippen LogP contribution is -2.31. The molecule has 0 saturated heterocycles. The molecule has 0 amide bonds. The number of hydrogen-bond donors (Lipinski definition) is 2. The largest absolute Gasteiger partial charge is 0.466 e. The molecule has 0 bridgehead atoms. The van der Waals surface area contributed by atoms with Crippen molar-refractivity contribution in [1.82, 2.24) is 5.32 Å². The highest BCUT2D eigenvalue weighted by molar-refractivity contribution is 5.69. The van der Waals surface area contributed by atoms with Crippen molar-refractivity contribution in [3.63, 3.8) is 0 Å². The van der Waals surface area contributed by atoms with E-state index in [2.05, 4.69) is 5.32 Å². The zero-order valence-electron chi connectivity index (χ0n) is 12.6. The minimum atomic E-state index is -0.545. The van der Waals surface area contributed by atoms with E-state index in [4.69, 9.17) is 9.47 Å². The van der Waals surface area contributed by atoms with Crippen molar-refractivity contribution in [3.8, 4) is 0 Å². The van der Waals surface area contributed by atoms with Crippen molar-refractivity contribution >= 4 is 5.97 Å². The standard InChI is InChI=1S/C16H25NO4/c1-2-21-16(19)9-6-10-17-11-15(18)13-20-12-14-7-4-3-5-8-14/h3-5,7-8,15,17-18H,2,6,9-13H2,1H3. The predicted molar refractivity (Wildman–Crippen MR) is 80.8 cm³/mol. The Hall–Kier alpha value is -1.43. The maximum absolute atomic E-state index is 11.1. The second-order valence-electron chi connectivity index (χ2n) is 4.77. The fourth-order valence-corrected chi connectivity index (χ4v) is 1.81. The molecule has 0 radical (unpaired) electrons. The molecule has 0 saturated carbocycles. The number of nitrogens with one attached hydrogen (secondary N) is 1. The van der Waals surface area contributed by atoms with Gasteiger partial charge in [-0.3, -0.25) is 4.79 Å². The van der Waals surface area contributed by atoms with Crippen LogP contribution in [-0.2, 0) is 20.9 Å². The van der Waals surface area contributed by atoms with Gasteiger partial charge in [0.2, 0.25) is 0 Å². The first kappa shape index (κ1) is 17.6. The van der Waals surface area contributed by atoms with E-state index in [1.165, 1.54) is 0 Å². The van der Waals surface area contributed by atoms with E-state index in [1.54, 1.807) is 6.92 Å². The Morgan fingerprint density at radius 2 is 2.10 bits per heavy atom. The van der Waals surface area contributed by atoms with E-state index in [0.29, 0.717) is 45.8 Å². The highest BCUT2D eigenvalue weighted by atomic mass is 16.5. The van der Waals surface area contributed by atoms with Crippen molar-refractivity contribution in [2.45, 2.75) is 32.5 Å². The maximum atomic E-state index is 11.1. The lowest BCUT2D eigenvalue weighted by atomic mass is 10.2. The molecule has 1 aromatic rings. The average molecular weight is 295 g/mol. The third kappa shape index (κ3) is 9.18. The van der Waals surface area contributed by atoms with Crippen LogP contribution in [0.3, 0.4) is 0 Å². The summed E-state index contributed by atoms with van der Waals surface area (Å²) >= 11 is 0. The summed E-state index contributed by atoms with van der Waals surface area (Å²) in [6, 6.07) is 9.85. The molecule has 0 fully saturated rings. The van der Waals surface area contributed by atoms with Crippen LogP contribution in [0.15, 0.2) is 30.3 Å². The summed E-state index contributed by atoms with van der Waals surface area (Å²) in [7, 11) is 0. The Morgan fingerprint density at radius 1 is 1.33 bits per heavy atom. The Balaban J connectivity index is 1.96. The number of carbonyl (C=O) groups excluding carboxylic acids is 1. The SMILES string of the molecule is CCOC(=O)CCCNCC(O)COCc1ccccc1. The molecule has 0 aliphatic heterocycles. The monoisotopic (exact) mass is 295 g/mol. The van der Waals surface area contributed by atoms with Crippen LogP contribution in [-0.4, -0.2) is 43.5 Å². The van der Waals surface area contributed by atoms with Crippen molar-refractivity contribution in [1.29, 1.82) is 0 Å². The summed E-state index contributed by atoms with van der Waals surface area (Å²) in [4.78, 5) is 11.1. The zero-order valence-corrected chi connectivity index (χ0v) is 12.6. The number of benzene rings is 1. The van der Waals surface area contributed by atoms with Crippen LogP contribution in [0.1, 0.15) is 25.3 Å². The average Bonchev–Trinajstić information content (AvgIpc) is 2.48. The molecule has 1 atom stereocenters. The van der Waals surface area contributed by atoms with Gasteiger partial charge in [-0.05, 0) is 25.5 Å². The van der Waals surface area contributed by atoms with Gasteiger partial charge in [0, 0.05) is 13.0 Å². The topological polar surface area (TPSA) is 67.8 Å². The molecule has 0 spiro atoms. The fraction of sp³-hybridized carbons (Fsp3) is 0.562. The third-order valence-electron chi connectivity index (χ3n) is 2.84. The number of rotatable bonds is 11. The Morgan fingerprint density at radius 3 is 2.81 bits per heavy atom. The zero-order chi connectivity index (χ0) is 15.3. The van der Waals surface area contributed by atoms with Gasteiger partial charge in [0.25, 0.3) is 0 Å². The first-order valence-electron chi connectivity index (χ1n) is 7.38. The number of carbonyl (C=O) groups is 1. The first-order valence-corrected chi connectivity index (χ1v) is 7.38. The summed E-state index contributed by atoms with van der Waals surface area (Å²) in [5.41, 5.74) is 1.09. The summed E-state index contributed by atoms with van der Waals surface area (Å²) in [6.45, 7) is 4.14.